The number of carbonyl (C=O) groups excluding carboxylic acids is 2. The maximum absolute atomic E-state index is 11.5. The highest BCUT2D eigenvalue weighted by Gasteiger charge is 2.18. The predicted molar refractivity (Wildman–Crippen MR) is 65.5 cm³/mol. The second kappa shape index (κ2) is 10.1. The molecule has 0 aromatic heterocycles. The lowest BCUT2D eigenvalue weighted by molar-refractivity contribution is -0.154. The van der Waals surface area contributed by atoms with Crippen molar-refractivity contribution in [2.24, 2.45) is 5.92 Å². The summed E-state index contributed by atoms with van der Waals surface area (Å²) in [7, 11) is 0. The molecular weight excluding hydrogens is 220 g/mol. The third-order valence-corrected chi connectivity index (χ3v) is 2.38. The minimum absolute atomic E-state index is 0.106. The van der Waals surface area contributed by atoms with Gasteiger partial charge in [-0.05, 0) is 12.8 Å². The van der Waals surface area contributed by atoms with Gasteiger partial charge in [-0.25, -0.2) is 0 Å². The number of unbranched alkanes of at least 4 members (excludes halogenated alkanes) is 2. The van der Waals surface area contributed by atoms with E-state index in [1.807, 2.05) is 13.8 Å². The predicted octanol–water partition coefficient (Wildman–Crippen LogP) is 2.70. The number of esters is 2. The van der Waals surface area contributed by atoms with E-state index in [0.29, 0.717) is 13.2 Å². The molecule has 4 nitrogen and oxygen atoms in total. The SMILES string of the molecule is CCCCOC(=O)C[C@@H](C)C(=O)OCCCC. The molecule has 0 saturated carbocycles. The molecule has 0 aliphatic rings. The Hall–Kier alpha value is -1.06. The topological polar surface area (TPSA) is 52.6 Å². The van der Waals surface area contributed by atoms with Crippen LogP contribution in [-0.2, 0) is 19.1 Å². The third-order valence-electron chi connectivity index (χ3n) is 2.38. The summed E-state index contributed by atoms with van der Waals surface area (Å²) in [5.74, 6) is -1.05. The average molecular weight is 244 g/mol. The van der Waals surface area contributed by atoms with Crippen molar-refractivity contribution < 1.29 is 19.1 Å². The molecule has 100 valence electrons. The summed E-state index contributed by atoms with van der Waals surface area (Å²) in [6.07, 6.45) is 3.80. The first-order valence-electron chi connectivity index (χ1n) is 6.44. The van der Waals surface area contributed by atoms with Crippen LogP contribution in [0.4, 0.5) is 0 Å². The number of hydrogen-bond acceptors (Lipinski definition) is 4. The normalized spacial score (nSPS) is 11.9. The Kier molecular flexibility index (Phi) is 9.49. The second-order valence-electron chi connectivity index (χ2n) is 4.20. The van der Waals surface area contributed by atoms with Crippen molar-refractivity contribution in [2.45, 2.75) is 52.9 Å². The fraction of sp³-hybridized carbons (Fsp3) is 0.846. The molecule has 0 amide bonds. The average Bonchev–Trinajstić information content (AvgIpc) is 2.29. The van der Waals surface area contributed by atoms with E-state index in [0.717, 1.165) is 25.7 Å². The number of hydrogen-bond donors (Lipinski definition) is 0. The molecule has 0 aliphatic heterocycles. The fourth-order valence-electron chi connectivity index (χ4n) is 1.18. The second-order valence-corrected chi connectivity index (χ2v) is 4.20. The molecule has 1 atom stereocenters. The molecule has 0 aromatic rings. The smallest absolute Gasteiger partial charge is 0.309 e. The van der Waals surface area contributed by atoms with Crippen LogP contribution in [0.2, 0.25) is 0 Å². The summed E-state index contributed by atoms with van der Waals surface area (Å²) in [5.41, 5.74) is 0. The molecule has 0 unspecified atom stereocenters. The van der Waals surface area contributed by atoms with Crippen LogP contribution in [-0.4, -0.2) is 25.2 Å². The van der Waals surface area contributed by atoms with Gasteiger partial charge in [0, 0.05) is 0 Å². The van der Waals surface area contributed by atoms with Crippen molar-refractivity contribution in [2.75, 3.05) is 13.2 Å². The molecule has 0 fully saturated rings. The number of ether oxygens (including phenoxy) is 2. The lowest BCUT2D eigenvalue weighted by Crippen LogP contribution is -2.20. The first-order valence-corrected chi connectivity index (χ1v) is 6.44. The van der Waals surface area contributed by atoms with Gasteiger partial charge in [0.25, 0.3) is 0 Å². The lowest BCUT2D eigenvalue weighted by atomic mass is 10.1. The van der Waals surface area contributed by atoms with Gasteiger partial charge in [-0.1, -0.05) is 33.6 Å². The van der Waals surface area contributed by atoms with Crippen LogP contribution < -0.4 is 0 Å². The maximum Gasteiger partial charge on any atom is 0.309 e. The van der Waals surface area contributed by atoms with Gasteiger partial charge in [0.05, 0.1) is 25.6 Å². The summed E-state index contributed by atoms with van der Waals surface area (Å²) in [6, 6.07) is 0. The van der Waals surface area contributed by atoms with Crippen LogP contribution in [0.1, 0.15) is 52.9 Å². The fourth-order valence-corrected chi connectivity index (χ4v) is 1.18. The summed E-state index contributed by atoms with van der Waals surface area (Å²) in [6.45, 7) is 6.62. The molecule has 17 heavy (non-hydrogen) atoms. The molecule has 0 N–H and O–H groups in total. The Balaban J connectivity index is 3.71. The van der Waals surface area contributed by atoms with Crippen LogP contribution in [0.25, 0.3) is 0 Å². The van der Waals surface area contributed by atoms with Gasteiger partial charge >= 0.3 is 11.9 Å². The first-order chi connectivity index (χ1) is 8.11. The van der Waals surface area contributed by atoms with Crippen molar-refractivity contribution in [3.63, 3.8) is 0 Å². The van der Waals surface area contributed by atoms with E-state index in [1.54, 1.807) is 6.92 Å². The van der Waals surface area contributed by atoms with Gasteiger partial charge in [0.15, 0.2) is 0 Å². The molecule has 0 aromatic carbocycles. The quantitative estimate of drug-likeness (QED) is 0.462. The Morgan fingerprint density at radius 1 is 1.00 bits per heavy atom. The number of rotatable bonds is 9. The Labute approximate surface area is 104 Å². The van der Waals surface area contributed by atoms with Crippen LogP contribution in [0, 0.1) is 5.92 Å². The van der Waals surface area contributed by atoms with Crippen LogP contribution in [0.5, 0.6) is 0 Å². The third kappa shape index (κ3) is 8.72. The summed E-state index contributed by atoms with van der Waals surface area (Å²) >= 11 is 0. The zero-order valence-electron chi connectivity index (χ0n) is 11.2. The van der Waals surface area contributed by atoms with Gasteiger partial charge in [-0.2, -0.15) is 0 Å². The summed E-state index contributed by atoms with van der Waals surface area (Å²) < 4.78 is 10.0. The molecule has 0 heterocycles. The Morgan fingerprint density at radius 2 is 1.53 bits per heavy atom. The molecular formula is C13H24O4. The highest BCUT2D eigenvalue weighted by molar-refractivity contribution is 5.79. The van der Waals surface area contributed by atoms with Crippen molar-refractivity contribution in [3.8, 4) is 0 Å². The molecule has 4 heteroatoms. The van der Waals surface area contributed by atoms with Crippen LogP contribution >= 0.6 is 0 Å². The number of carbonyl (C=O) groups is 2. The monoisotopic (exact) mass is 244 g/mol. The van der Waals surface area contributed by atoms with E-state index in [1.165, 1.54) is 0 Å². The van der Waals surface area contributed by atoms with Gasteiger partial charge in [0.2, 0.25) is 0 Å². The minimum Gasteiger partial charge on any atom is -0.466 e. The maximum atomic E-state index is 11.5. The highest BCUT2D eigenvalue weighted by atomic mass is 16.5. The van der Waals surface area contributed by atoms with E-state index in [-0.39, 0.29) is 18.4 Å². The van der Waals surface area contributed by atoms with Crippen molar-refractivity contribution in [1.82, 2.24) is 0 Å². The van der Waals surface area contributed by atoms with E-state index < -0.39 is 5.92 Å². The van der Waals surface area contributed by atoms with Crippen molar-refractivity contribution >= 4 is 11.9 Å². The molecule has 0 rings (SSSR count). The largest absolute Gasteiger partial charge is 0.466 e. The summed E-state index contributed by atoms with van der Waals surface area (Å²) in [5, 5.41) is 0. The van der Waals surface area contributed by atoms with Gasteiger partial charge in [-0.15, -0.1) is 0 Å². The lowest BCUT2D eigenvalue weighted by Gasteiger charge is -2.10. The Bertz CT molecular complexity index is 225. The molecule has 0 spiro atoms. The molecule has 0 bridgehead atoms. The summed E-state index contributed by atoms with van der Waals surface area (Å²) in [4.78, 5) is 22.8. The zero-order valence-corrected chi connectivity index (χ0v) is 11.2. The minimum atomic E-state index is -0.416. The standard InChI is InChI=1S/C13H24O4/c1-4-6-8-16-12(14)10-11(3)13(15)17-9-7-5-2/h11H,4-10H2,1-3H3/t11-/m1/s1. The van der Waals surface area contributed by atoms with Crippen LogP contribution in [0.15, 0.2) is 0 Å². The van der Waals surface area contributed by atoms with Gasteiger partial charge in [0.1, 0.15) is 0 Å². The molecule has 0 radical (unpaired) electrons. The zero-order chi connectivity index (χ0) is 13.1. The van der Waals surface area contributed by atoms with E-state index in [4.69, 9.17) is 9.47 Å². The van der Waals surface area contributed by atoms with Gasteiger partial charge in [-0.3, -0.25) is 9.59 Å². The van der Waals surface area contributed by atoms with E-state index >= 15 is 0 Å². The highest BCUT2D eigenvalue weighted by Crippen LogP contribution is 2.07. The van der Waals surface area contributed by atoms with Gasteiger partial charge < -0.3 is 9.47 Å². The van der Waals surface area contributed by atoms with E-state index in [2.05, 4.69) is 0 Å². The Morgan fingerprint density at radius 3 is 2.06 bits per heavy atom. The van der Waals surface area contributed by atoms with E-state index in [9.17, 15) is 9.59 Å². The molecule has 0 aliphatic carbocycles. The molecule has 0 saturated heterocycles. The van der Waals surface area contributed by atoms with Crippen molar-refractivity contribution in [3.05, 3.63) is 0 Å². The van der Waals surface area contributed by atoms with Crippen molar-refractivity contribution in [1.29, 1.82) is 0 Å². The first kappa shape index (κ1) is 15.9. The van der Waals surface area contributed by atoms with Crippen LogP contribution in [0.3, 0.4) is 0 Å².